The quantitative estimate of drug-likeness (QED) is 0.114. The molecule has 0 aromatic rings. The summed E-state index contributed by atoms with van der Waals surface area (Å²) in [7, 11) is 0. The highest BCUT2D eigenvalue weighted by Gasteiger charge is 2.34. The molecule has 1 aliphatic heterocycles. The average Bonchev–Trinajstić information content (AvgIpc) is 3.29. The van der Waals surface area contributed by atoms with E-state index in [9.17, 15) is 39.4 Å². The number of amides is 2. The molecule has 198 valence electrons. The maximum atomic E-state index is 12.5. The Kier molecular flexibility index (Phi) is 14.8. The molecule has 1 aliphatic rings. The first-order valence-electron chi connectivity index (χ1n) is 11.1. The fourth-order valence-corrected chi connectivity index (χ4v) is 3.83. The van der Waals surface area contributed by atoms with Gasteiger partial charge in [-0.25, -0.2) is 4.79 Å². The van der Waals surface area contributed by atoms with Crippen molar-refractivity contribution in [1.82, 2.24) is 10.2 Å². The molecule has 0 bridgehead atoms. The number of unbranched alkanes of at least 4 members (excludes halogenated alkanes) is 2. The highest BCUT2D eigenvalue weighted by molar-refractivity contribution is 8.13. The van der Waals surface area contributed by atoms with Gasteiger partial charge in [0.1, 0.15) is 6.04 Å². The maximum absolute atomic E-state index is 12.5. The Labute approximate surface area is 205 Å². The summed E-state index contributed by atoms with van der Waals surface area (Å²) in [4.78, 5) is 78.2. The number of hydrogen-bond acceptors (Lipinski definition) is 12. The smallest absolute Gasteiger partial charge is 0.328 e. The monoisotopic (exact) mass is 522 g/mol. The molecule has 0 radical (unpaired) electrons. The predicted molar refractivity (Wildman–Crippen MR) is 120 cm³/mol. The van der Waals surface area contributed by atoms with E-state index >= 15 is 0 Å². The third kappa shape index (κ3) is 14.0. The summed E-state index contributed by atoms with van der Waals surface area (Å²) >= 11 is 0.902. The van der Waals surface area contributed by atoms with Gasteiger partial charge in [0.2, 0.25) is 16.9 Å². The van der Waals surface area contributed by atoms with E-state index in [4.69, 9.17) is 4.74 Å². The molecule has 1 atom stereocenters. The van der Waals surface area contributed by atoms with Gasteiger partial charge in [-0.3, -0.25) is 14.4 Å². The highest BCUT2D eigenvalue weighted by atomic mass is 32.2. The molecule has 0 spiro atoms. The number of rotatable bonds is 18. The van der Waals surface area contributed by atoms with Crippen molar-refractivity contribution in [3.63, 3.8) is 0 Å². The molecule has 15 nitrogen and oxygen atoms in total. The summed E-state index contributed by atoms with van der Waals surface area (Å²) in [5.41, 5.74) is 0. The van der Waals surface area contributed by atoms with Crippen molar-refractivity contribution >= 4 is 34.7 Å². The number of ether oxygens (including phenoxy) is 1. The number of esters is 1. The minimum atomic E-state index is -0.903. The molecule has 0 aromatic carbocycles. The first kappa shape index (κ1) is 29.9. The lowest BCUT2D eigenvalue weighted by molar-refractivity contribution is -0.757. The van der Waals surface area contributed by atoms with Crippen molar-refractivity contribution in [3.05, 3.63) is 20.2 Å². The minimum Gasteiger partial charge on any atom is -0.464 e. The Balaban J connectivity index is 2.19. The fourth-order valence-electron chi connectivity index (χ4n) is 3.16. The molecule has 1 N–H and O–H groups in total. The van der Waals surface area contributed by atoms with E-state index in [0.29, 0.717) is 45.1 Å². The zero-order valence-corrected chi connectivity index (χ0v) is 20.0. The SMILES string of the molecule is O=C(CCCCO[N+](=O)[O-])NCC(=O)SCCC(=O)N1CCC[C@H]1C(=O)OCCCCO[N+](=O)[O-]. The van der Waals surface area contributed by atoms with Crippen molar-refractivity contribution in [1.29, 1.82) is 0 Å². The van der Waals surface area contributed by atoms with E-state index in [0.717, 1.165) is 11.8 Å². The Morgan fingerprint density at radius 2 is 1.57 bits per heavy atom. The molecule has 0 saturated carbocycles. The lowest BCUT2D eigenvalue weighted by Crippen LogP contribution is -2.41. The first-order valence-corrected chi connectivity index (χ1v) is 12.1. The zero-order valence-electron chi connectivity index (χ0n) is 19.2. The van der Waals surface area contributed by atoms with E-state index in [1.54, 1.807) is 0 Å². The Morgan fingerprint density at radius 3 is 2.23 bits per heavy atom. The van der Waals surface area contributed by atoms with Crippen LogP contribution in [0.2, 0.25) is 0 Å². The van der Waals surface area contributed by atoms with Crippen molar-refractivity contribution in [3.8, 4) is 0 Å². The molecule has 35 heavy (non-hydrogen) atoms. The fraction of sp³-hybridized carbons (Fsp3) is 0.789. The van der Waals surface area contributed by atoms with Crippen LogP contribution in [0.15, 0.2) is 0 Å². The maximum Gasteiger partial charge on any atom is 0.328 e. The van der Waals surface area contributed by atoms with E-state index in [1.165, 1.54) is 4.90 Å². The number of nitrogens with one attached hydrogen (secondary N) is 1. The summed E-state index contributed by atoms with van der Waals surface area (Å²) in [5, 5.41) is 20.4. The van der Waals surface area contributed by atoms with Crippen LogP contribution in [-0.2, 0) is 33.6 Å². The lowest BCUT2D eigenvalue weighted by atomic mass is 10.2. The van der Waals surface area contributed by atoms with Crippen LogP contribution in [0.4, 0.5) is 0 Å². The first-order chi connectivity index (χ1) is 16.7. The number of carbonyl (C=O) groups is 4. The Bertz CT molecular complexity index is 752. The van der Waals surface area contributed by atoms with Crippen LogP contribution < -0.4 is 5.32 Å². The molecular formula is C19H30N4O11S. The van der Waals surface area contributed by atoms with Gasteiger partial charge < -0.3 is 24.6 Å². The van der Waals surface area contributed by atoms with Gasteiger partial charge in [-0.1, -0.05) is 11.8 Å². The lowest BCUT2D eigenvalue weighted by Gasteiger charge is -2.23. The van der Waals surface area contributed by atoms with Crippen LogP contribution in [0.25, 0.3) is 0 Å². The second-order valence-corrected chi connectivity index (χ2v) is 8.59. The summed E-state index contributed by atoms with van der Waals surface area (Å²) in [5.74, 6) is -0.965. The standard InChI is InChI=1S/C19H30N4O11S/c24-16(7-1-2-11-33-22(28)29)20-14-18(26)35-13-8-17(25)21-9-5-6-15(21)19(27)32-10-3-4-12-34-23(30)31/h15H,1-14H2,(H,20,24)/t15-/m0/s1. The number of likely N-dealkylation sites (tertiary alicyclic amines) is 1. The molecule has 0 aliphatic carbocycles. The van der Waals surface area contributed by atoms with Gasteiger partial charge >= 0.3 is 5.97 Å². The van der Waals surface area contributed by atoms with Gasteiger partial charge in [0.15, 0.2) is 0 Å². The Hall–Kier alpha value is -3.17. The summed E-state index contributed by atoms with van der Waals surface area (Å²) in [6, 6.07) is -0.687. The van der Waals surface area contributed by atoms with E-state index in [-0.39, 0.29) is 61.9 Å². The summed E-state index contributed by atoms with van der Waals surface area (Å²) < 4.78 is 5.17. The third-order valence-electron chi connectivity index (χ3n) is 4.83. The molecule has 2 amide bonds. The predicted octanol–water partition coefficient (Wildman–Crippen LogP) is 0.654. The molecule has 16 heteroatoms. The van der Waals surface area contributed by atoms with E-state index < -0.39 is 22.2 Å². The normalized spacial score (nSPS) is 14.7. The van der Waals surface area contributed by atoms with Gasteiger partial charge in [-0.2, -0.15) is 0 Å². The molecule has 0 unspecified atom stereocenters. The number of carbonyl (C=O) groups excluding carboxylic acids is 4. The van der Waals surface area contributed by atoms with Crippen LogP contribution in [0, 0.1) is 20.2 Å². The van der Waals surface area contributed by atoms with Gasteiger partial charge in [-0.15, -0.1) is 20.2 Å². The van der Waals surface area contributed by atoms with Gasteiger partial charge in [0.05, 0.1) is 26.4 Å². The molecule has 1 fully saturated rings. The number of thioether (sulfide) groups is 1. The van der Waals surface area contributed by atoms with Gasteiger partial charge in [-0.05, 0) is 38.5 Å². The average molecular weight is 523 g/mol. The molecular weight excluding hydrogens is 492 g/mol. The molecule has 1 saturated heterocycles. The largest absolute Gasteiger partial charge is 0.464 e. The van der Waals surface area contributed by atoms with E-state index in [1.807, 2.05) is 0 Å². The van der Waals surface area contributed by atoms with Crippen molar-refractivity contribution < 1.29 is 43.8 Å². The Morgan fingerprint density at radius 1 is 0.943 bits per heavy atom. The van der Waals surface area contributed by atoms with E-state index in [2.05, 4.69) is 15.0 Å². The summed E-state index contributed by atoms with van der Waals surface area (Å²) in [6.45, 7) is 0.104. The second kappa shape index (κ2) is 17.3. The van der Waals surface area contributed by atoms with Crippen LogP contribution in [0.3, 0.4) is 0 Å². The number of hydrogen-bond donors (Lipinski definition) is 1. The molecule has 1 rings (SSSR count). The molecule has 0 aromatic heterocycles. The van der Waals surface area contributed by atoms with Crippen LogP contribution in [-0.4, -0.2) is 82.7 Å². The second-order valence-electron chi connectivity index (χ2n) is 7.44. The van der Waals surface area contributed by atoms with Crippen molar-refractivity contribution in [2.45, 2.75) is 57.4 Å². The van der Waals surface area contributed by atoms with Crippen molar-refractivity contribution in [2.24, 2.45) is 0 Å². The highest BCUT2D eigenvalue weighted by Crippen LogP contribution is 2.20. The topological polar surface area (TPSA) is 198 Å². The van der Waals surface area contributed by atoms with Crippen molar-refractivity contribution in [2.75, 3.05) is 38.7 Å². The summed E-state index contributed by atoms with van der Waals surface area (Å²) in [6.07, 6.45) is 2.75. The minimum absolute atomic E-state index is 0.0445. The number of nitrogens with zero attached hydrogens (tertiary/aromatic N) is 3. The van der Waals surface area contributed by atoms with Gasteiger partial charge in [0.25, 0.3) is 10.2 Å². The van der Waals surface area contributed by atoms with Gasteiger partial charge in [0, 0.05) is 25.1 Å². The van der Waals surface area contributed by atoms with Crippen LogP contribution in [0.1, 0.15) is 51.4 Å². The van der Waals surface area contributed by atoms with Crippen LogP contribution >= 0.6 is 11.8 Å². The third-order valence-corrected chi connectivity index (χ3v) is 5.70. The molecule has 1 heterocycles. The van der Waals surface area contributed by atoms with Crippen LogP contribution in [0.5, 0.6) is 0 Å². The zero-order chi connectivity index (χ0) is 26.1.